The molecule has 0 unspecified atom stereocenters. The molecule has 0 radical (unpaired) electrons. The number of nitrogens with one attached hydrogen (secondary N) is 1. The SMILES string of the molecule is Cc1cc2nnn(CC(=O)Nc3ccccc3Cl)c2cc1C. The first-order chi connectivity index (χ1) is 10.5. The van der Waals surface area contributed by atoms with Crippen molar-refractivity contribution in [2.45, 2.75) is 20.4 Å². The first-order valence-corrected chi connectivity index (χ1v) is 7.27. The Morgan fingerprint density at radius 2 is 1.95 bits per heavy atom. The van der Waals surface area contributed by atoms with Crippen molar-refractivity contribution in [1.82, 2.24) is 15.0 Å². The van der Waals surface area contributed by atoms with Crippen LogP contribution in [-0.2, 0) is 11.3 Å². The van der Waals surface area contributed by atoms with Gasteiger partial charge in [-0.1, -0.05) is 28.9 Å². The topological polar surface area (TPSA) is 59.8 Å². The summed E-state index contributed by atoms with van der Waals surface area (Å²) >= 11 is 6.03. The molecule has 0 spiro atoms. The second-order valence-electron chi connectivity index (χ2n) is 5.20. The molecule has 0 bridgehead atoms. The standard InChI is InChI=1S/C16H15ClN4O/c1-10-7-14-15(8-11(10)2)21(20-19-14)9-16(22)18-13-6-4-3-5-12(13)17/h3-8H,9H2,1-2H3,(H,18,22). The van der Waals surface area contributed by atoms with E-state index in [1.807, 2.05) is 38.1 Å². The van der Waals surface area contributed by atoms with Crippen LogP contribution in [0.4, 0.5) is 5.69 Å². The van der Waals surface area contributed by atoms with E-state index in [0.717, 1.165) is 22.2 Å². The number of benzene rings is 2. The van der Waals surface area contributed by atoms with Crippen molar-refractivity contribution in [2.24, 2.45) is 0 Å². The largest absolute Gasteiger partial charge is 0.323 e. The summed E-state index contributed by atoms with van der Waals surface area (Å²) in [6.45, 7) is 4.14. The third-order valence-electron chi connectivity index (χ3n) is 3.57. The minimum Gasteiger partial charge on any atom is -0.323 e. The second-order valence-corrected chi connectivity index (χ2v) is 5.61. The molecule has 0 saturated carbocycles. The van der Waals surface area contributed by atoms with Crippen LogP contribution in [0.5, 0.6) is 0 Å². The third-order valence-corrected chi connectivity index (χ3v) is 3.90. The predicted molar refractivity (Wildman–Crippen MR) is 87.1 cm³/mol. The van der Waals surface area contributed by atoms with E-state index >= 15 is 0 Å². The van der Waals surface area contributed by atoms with Crippen LogP contribution in [0.25, 0.3) is 11.0 Å². The van der Waals surface area contributed by atoms with Gasteiger partial charge in [-0.3, -0.25) is 4.79 Å². The van der Waals surface area contributed by atoms with Gasteiger partial charge in [-0.05, 0) is 49.2 Å². The Bertz CT molecular complexity index is 856. The molecule has 1 N–H and O–H groups in total. The first-order valence-electron chi connectivity index (χ1n) is 6.89. The number of fused-ring (bicyclic) bond motifs is 1. The molecule has 0 atom stereocenters. The molecule has 6 heteroatoms. The maximum Gasteiger partial charge on any atom is 0.246 e. The fourth-order valence-corrected chi connectivity index (χ4v) is 2.41. The van der Waals surface area contributed by atoms with E-state index in [9.17, 15) is 4.79 Å². The summed E-state index contributed by atoms with van der Waals surface area (Å²) in [7, 11) is 0. The second kappa shape index (κ2) is 5.77. The number of rotatable bonds is 3. The predicted octanol–water partition coefficient (Wildman–Crippen LogP) is 3.34. The summed E-state index contributed by atoms with van der Waals surface area (Å²) in [5, 5.41) is 11.4. The number of para-hydroxylation sites is 1. The molecule has 1 heterocycles. The van der Waals surface area contributed by atoms with Crippen LogP contribution in [0.3, 0.4) is 0 Å². The number of hydrogen-bond donors (Lipinski definition) is 1. The highest BCUT2D eigenvalue weighted by atomic mass is 35.5. The minimum atomic E-state index is -0.196. The molecule has 1 aromatic heterocycles. The average Bonchev–Trinajstić information content (AvgIpc) is 2.84. The summed E-state index contributed by atoms with van der Waals surface area (Å²) in [6, 6.07) is 11.1. The molecule has 22 heavy (non-hydrogen) atoms. The highest BCUT2D eigenvalue weighted by molar-refractivity contribution is 6.33. The number of halogens is 1. The van der Waals surface area contributed by atoms with Crippen LogP contribution < -0.4 is 5.32 Å². The zero-order valence-electron chi connectivity index (χ0n) is 12.3. The average molecular weight is 315 g/mol. The molecule has 0 aliphatic heterocycles. The number of aromatic nitrogens is 3. The zero-order valence-corrected chi connectivity index (χ0v) is 13.1. The molecule has 0 fully saturated rings. The van der Waals surface area contributed by atoms with Crippen LogP contribution in [0.15, 0.2) is 36.4 Å². The maximum absolute atomic E-state index is 12.2. The number of aryl methyl sites for hydroxylation is 2. The van der Waals surface area contributed by atoms with Gasteiger partial charge in [0.15, 0.2) is 0 Å². The van der Waals surface area contributed by atoms with Gasteiger partial charge in [-0.25, -0.2) is 4.68 Å². The number of carbonyl (C=O) groups is 1. The fraction of sp³-hybridized carbons (Fsp3) is 0.188. The van der Waals surface area contributed by atoms with Crippen LogP contribution in [0, 0.1) is 13.8 Å². The molecule has 3 aromatic rings. The van der Waals surface area contributed by atoms with Crippen LogP contribution in [0.1, 0.15) is 11.1 Å². The lowest BCUT2D eigenvalue weighted by atomic mass is 10.1. The highest BCUT2D eigenvalue weighted by Gasteiger charge is 2.11. The normalized spacial score (nSPS) is 10.9. The molecule has 112 valence electrons. The van der Waals surface area contributed by atoms with Gasteiger partial charge in [0.1, 0.15) is 12.1 Å². The maximum atomic E-state index is 12.2. The van der Waals surface area contributed by atoms with Crippen molar-refractivity contribution in [1.29, 1.82) is 0 Å². The Morgan fingerprint density at radius 3 is 2.73 bits per heavy atom. The molecular weight excluding hydrogens is 300 g/mol. The molecule has 0 aliphatic rings. The quantitative estimate of drug-likeness (QED) is 0.806. The Labute approximate surface area is 132 Å². The van der Waals surface area contributed by atoms with Crippen molar-refractivity contribution in [3.63, 3.8) is 0 Å². The summed E-state index contributed by atoms with van der Waals surface area (Å²) < 4.78 is 1.59. The van der Waals surface area contributed by atoms with E-state index in [0.29, 0.717) is 10.7 Å². The number of carbonyl (C=O) groups excluding carboxylic acids is 1. The molecule has 1 amide bonds. The summed E-state index contributed by atoms with van der Waals surface area (Å²) in [6.07, 6.45) is 0. The molecular formula is C16H15ClN4O. The Morgan fingerprint density at radius 1 is 1.23 bits per heavy atom. The van der Waals surface area contributed by atoms with E-state index in [-0.39, 0.29) is 12.5 Å². The first kappa shape index (κ1) is 14.5. The van der Waals surface area contributed by atoms with Crippen molar-refractivity contribution in [3.05, 3.63) is 52.5 Å². The molecule has 0 saturated heterocycles. The van der Waals surface area contributed by atoms with Gasteiger partial charge in [0.25, 0.3) is 0 Å². The van der Waals surface area contributed by atoms with E-state index in [2.05, 4.69) is 15.6 Å². The molecule has 0 aliphatic carbocycles. The van der Waals surface area contributed by atoms with Gasteiger partial charge >= 0.3 is 0 Å². The van der Waals surface area contributed by atoms with Crippen molar-refractivity contribution >= 4 is 34.2 Å². The molecule has 5 nitrogen and oxygen atoms in total. The lowest BCUT2D eigenvalue weighted by Crippen LogP contribution is -2.19. The van der Waals surface area contributed by atoms with Gasteiger partial charge in [-0.2, -0.15) is 0 Å². The summed E-state index contributed by atoms with van der Waals surface area (Å²) in [5.41, 5.74) is 4.51. The Hall–Kier alpha value is -2.40. The van der Waals surface area contributed by atoms with Crippen LogP contribution in [-0.4, -0.2) is 20.9 Å². The minimum absolute atomic E-state index is 0.0875. The third kappa shape index (κ3) is 2.80. The van der Waals surface area contributed by atoms with Crippen molar-refractivity contribution in [2.75, 3.05) is 5.32 Å². The highest BCUT2D eigenvalue weighted by Crippen LogP contribution is 2.21. The van der Waals surface area contributed by atoms with Gasteiger partial charge < -0.3 is 5.32 Å². The van der Waals surface area contributed by atoms with Crippen molar-refractivity contribution < 1.29 is 4.79 Å². The van der Waals surface area contributed by atoms with E-state index in [1.165, 1.54) is 0 Å². The van der Waals surface area contributed by atoms with Crippen molar-refractivity contribution in [3.8, 4) is 0 Å². The lowest BCUT2D eigenvalue weighted by Gasteiger charge is -2.07. The van der Waals surface area contributed by atoms with Gasteiger partial charge in [0.2, 0.25) is 5.91 Å². The molecule has 2 aromatic carbocycles. The monoisotopic (exact) mass is 314 g/mol. The molecule has 3 rings (SSSR count). The van der Waals surface area contributed by atoms with E-state index < -0.39 is 0 Å². The number of hydrogen-bond acceptors (Lipinski definition) is 3. The summed E-state index contributed by atoms with van der Waals surface area (Å²) in [4.78, 5) is 12.2. The van der Waals surface area contributed by atoms with E-state index in [1.54, 1.807) is 16.8 Å². The zero-order chi connectivity index (χ0) is 15.7. The number of nitrogens with zero attached hydrogens (tertiary/aromatic N) is 3. The van der Waals surface area contributed by atoms with Gasteiger partial charge in [-0.15, -0.1) is 5.10 Å². The summed E-state index contributed by atoms with van der Waals surface area (Å²) in [5.74, 6) is -0.196. The van der Waals surface area contributed by atoms with E-state index in [4.69, 9.17) is 11.6 Å². The number of amides is 1. The number of anilines is 1. The fourth-order valence-electron chi connectivity index (χ4n) is 2.23. The smallest absolute Gasteiger partial charge is 0.246 e. The van der Waals surface area contributed by atoms with Crippen LogP contribution in [0.2, 0.25) is 5.02 Å². The van der Waals surface area contributed by atoms with Gasteiger partial charge in [0, 0.05) is 0 Å². The Kier molecular flexibility index (Phi) is 3.81. The van der Waals surface area contributed by atoms with Gasteiger partial charge in [0.05, 0.1) is 16.2 Å². The Balaban J connectivity index is 1.83. The lowest BCUT2D eigenvalue weighted by molar-refractivity contribution is -0.116. The van der Waals surface area contributed by atoms with Crippen LogP contribution >= 0.6 is 11.6 Å².